The Balaban J connectivity index is 1.32. The van der Waals surface area contributed by atoms with Gasteiger partial charge in [-0.1, -0.05) is 30.2 Å². The number of halogens is 1. The number of fused-ring (bicyclic) bond motifs is 1. The molecule has 2 aromatic carbocycles. The number of thiophene rings is 1. The van der Waals surface area contributed by atoms with Crippen molar-refractivity contribution in [2.45, 2.75) is 30.7 Å². The van der Waals surface area contributed by atoms with Crippen molar-refractivity contribution in [3.05, 3.63) is 75.6 Å². The molecule has 11 heteroatoms. The molecule has 0 aliphatic carbocycles. The number of piperidine rings is 1. The van der Waals surface area contributed by atoms with Crippen LogP contribution in [0.15, 0.2) is 69.9 Å². The first kappa shape index (κ1) is 24.6. The van der Waals surface area contributed by atoms with Crippen LogP contribution in [-0.2, 0) is 21.4 Å². The number of amides is 1. The average Bonchev–Trinajstić information content (AvgIpc) is 3.32. The summed E-state index contributed by atoms with van der Waals surface area (Å²) in [5.74, 6) is -0.423. The van der Waals surface area contributed by atoms with E-state index >= 15 is 0 Å². The van der Waals surface area contributed by atoms with Crippen molar-refractivity contribution in [2.75, 3.05) is 18.4 Å². The number of aromatic nitrogens is 2. The van der Waals surface area contributed by atoms with Crippen molar-refractivity contribution in [2.24, 2.45) is 0 Å². The zero-order valence-electron chi connectivity index (χ0n) is 19.2. The van der Waals surface area contributed by atoms with Crippen LogP contribution in [0, 0.1) is 0 Å². The fraction of sp³-hybridized carbons (Fsp3) is 0.240. The first-order chi connectivity index (χ1) is 17.3. The van der Waals surface area contributed by atoms with Gasteiger partial charge in [-0.3, -0.25) is 14.2 Å². The van der Waals surface area contributed by atoms with Gasteiger partial charge in [-0.25, -0.2) is 13.4 Å². The van der Waals surface area contributed by atoms with Gasteiger partial charge in [0.25, 0.3) is 5.56 Å². The molecule has 1 aliphatic rings. The molecule has 8 nitrogen and oxygen atoms in total. The van der Waals surface area contributed by atoms with Gasteiger partial charge in [-0.15, -0.1) is 11.3 Å². The molecule has 0 atom stereocenters. The molecule has 0 saturated carbocycles. The van der Waals surface area contributed by atoms with Crippen LogP contribution in [-0.4, -0.2) is 41.3 Å². The van der Waals surface area contributed by atoms with Crippen molar-refractivity contribution in [3.63, 3.8) is 0 Å². The van der Waals surface area contributed by atoms with E-state index in [2.05, 4.69) is 10.3 Å². The van der Waals surface area contributed by atoms with E-state index < -0.39 is 15.9 Å². The van der Waals surface area contributed by atoms with Crippen molar-refractivity contribution in [1.29, 1.82) is 0 Å². The van der Waals surface area contributed by atoms with E-state index in [9.17, 15) is 18.0 Å². The van der Waals surface area contributed by atoms with Crippen LogP contribution in [0.3, 0.4) is 0 Å². The summed E-state index contributed by atoms with van der Waals surface area (Å²) in [4.78, 5) is 31.0. The number of sulfonamides is 1. The van der Waals surface area contributed by atoms with Crippen LogP contribution in [0.4, 0.5) is 5.69 Å². The lowest BCUT2D eigenvalue weighted by molar-refractivity contribution is -0.116. The van der Waals surface area contributed by atoms with Gasteiger partial charge in [-0.05, 0) is 54.8 Å². The van der Waals surface area contributed by atoms with Gasteiger partial charge >= 0.3 is 0 Å². The lowest BCUT2D eigenvalue weighted by Crippen LogP contribution is -2.35. The fourth-order valence-electron chi connectivity index (χ4n) is 4.24. The molecule has 3 heterocycles. The smallest absolute Gasteiger partial charge is 0.263 e. The number of carbonyl (C=O) groups is 1. The lowest BCUT2D eigenvalue weighted by atomic mass is 10.1. The number of benzene rings is 2. The molecule has 0 radical (unpaired) electrons. The zero-order chi connectivity index (χ0) is 25.3. The maximum atomic E-state index is 13.2. The molecule has 4 aromatic rings. The highest BCUT2D eigenvalue weighted by molar-refractivity contribution is 7.89. The van der Waals surface area contributed by atoms with Crippen molar-refractivity contribution in [3.8, 4) is 11.1 Å². The molecular weight excluding hydrogens is 520 g/mol. The van der Waals surface area contributed by atoms with Crippen LogP contribution in [0.5, 0.6) is 0 Å². The fourth-order valence-corrected chi connectivity index (χ4v) is 6.79. The highest BCUT2D eigenvalue weighted by Crippen LogP contribution is 2.31. The summed E-state index contributed by atoms with van der Waals surface area (Å²) >= 11 is 7.35. The molecule has 0 unspecified atom stereocenters. The van der Waals surface area contributed by atoms with E-state index in [1.807, 2.05) is 17.5 Å². The van der Waals surface area contributed by atoms with Crippen LogP contribution in [0.1, 0.15) is 19.3 Å². The van der Waals surface area contributed by atoms with Gasteiger partial charge in [0.15, 0.2) is 0 Å². The number of nitrogens with zero attached hydrogens (tertiary/aromatic N) is 3. The van der Waals surface area contributed by atoms with Gasteiger partial charge in [-0.2, -0.15) is 4.31 Å². The summed E-state index contributed by atoms with van der Waals surface area (Å²) in [5.41, 5.74) is 1.71. The maximum Gasteiger partial charge on any atom is 0.263 e. The number of hydrogen-bond donors (Lipinski definition) is 1. The molecule has 2 aromatic heterocycles. The number of anilines is 1. The molecule has 1 aliphatic heterocycles. The third-order valence-electron chi connectivity index (χ3n) is 6.12. The minimum Gasteiger partial charge on any atom is -0.325 e. The summed E-state index contributed by atoms with van der Waals surface area (Å²) in [6.07, 6.45) is 4.12. The number of rotatable bonds is 6. The Bertz CT molecular complexity index is 1570. The van der Waals surface area contributed by atoms with Gasteiger partial charge < -0.3 is 5.32 Å². The third-order valence-corrected chi connectivity index (χ3v) is 9.17. The molecule has 186 valence electrons. The molecule has 5 rings (SSSR count). The third kappa shape index (κ3) is 4.94. The highest BCUT2D eigenvalue weighted by atomic mass is 35.5. The molecule has 0 spiro atoms. The Morgan fingerprint density at radius 1 is 1.03 bits per heavy atom. The first-order valence-corrected chi connectivity index (χ1v) is 14.2. The number of hydrogen-bond acceptors (Lipinski definition) is 6. The normalized spacial score (nSPS) is 14.7. The predicted molar refractivity (Wildman–Crippen MR) is 142 cm³/mol. The minimum absolute atomic E-state index is 0.195. The maximum absolute atomic E-state index is 13.2. The molecule has 1 N–H and O–H groups in total. The molecule has 36 heavy (non-hydrogen) atoms. The Labute approximate surface area is 217 Å². The van der Waals surface area contributed by atoms with Gasteiger partial charge in [0.2, 0.25) is 15.9 Å². The molecule has 1 saturated heterocycles. The molecule has 0 bridgehead atoms. The summed E-state index contributed by atoms with van der Waals surface area (Å²) < 4.78 is 28.4. The van der Waals surface area contributed by atoms with Gasteiger partial charge in [0, 0.05) is 34.7 Å². The monoisotopic (exact) mass is 542 g/mol. The highest BCUT2D eigenvalue weighted by Gasteiger charge is 2.25. The first-order valence-electron chi connectivity index (χ1n) is 11.5. The molecule has 1 amide bonds. The van der Waals surface area contributed by atoms with Crippen LogP contribution >= 0.6 is 22.9 Å². The quantitative estimate of drug-likeness (QED) is 0.384. The van der Waals surface area contributed by atoms with Crippen LogP contribution in [0.2, 0.25) is 5.02 Å². The number of nitrogens with one attached hydrogen (secondary N) is 1. The Kier molecular flexibility index (Phi) is 6.94. The standard InChI is InChI=1S/C25H23ClN4O4S2/c26-18-6-4-17(5-7-18)21-15-35-24-23(21)25(32)29(16-27-24)14-22(31)28-19-8-10-20(11-9-19)36(33,34)30-12-2-1-3-13-30/h4-11,15-16H,1-3,12-14H2,(H,28,31). The van der Waals surface area contributed by atoms with E-state index in [0.717, 1.165) is 30.4 Å². The van der Waals surface area contributed by atoms with E-state index in [1.165, 1.54) is 38.7 Å². The van der Waals surface area contributed by atoms with E-state index in [0.29, 0.717) is 34.0 Å². The largest absolute Gasteiger partial charge is 0.325 e. The second-order valence-electron chi connectivity index (χ2n) is 8.55. The number of carbonyl (C=O) groups excluding carboxylic acids is 1. The lowest BCUT2D eigenvalue weighted by Gasteiger charge is -2.25. The Hall–Kier alpha value is -3.05. The SMILES string of the molecule is O=C(Cn1cnc2scc(-c3ccc(Cl)cc3)c2c1=O)Nc1ccc(S(=O)(=O)N2CCCCC2)cc1. The van der Waals surface area contributed by atoms with Crippen molar-refractivity contribution < 1.29 is 13.2 Å². The minimum atomic E-state index is -3.55. The summed E-state index contributed by atoms with van der Waals surface area (Å²) in [5, 5.41) is 5.64. The van der Waals surface area contributed by atoms with Crippen LogP contribution < -0.4 is 10.9 Å². The average molecular weight is 543 g/mol. The zero-order valence-corrected chi connectivity index (χ0v) is 21.6. The van der Waals surface area contributed by atoms with E-state index in [-0.39, 0.29) is 17.0 Å². The molecule has 1 fully saturated rings. The van der Waals surface area contributed by atoms with Crippen LogP contribution in [0.25, 0.3) is 21.3 Å². The van der Waals surface area contributed by atoms with Gasteiger partial charge in [0.05, 0.1) is 16.6 Å². The van der Waals surface area contributed by atoms with Crippen molar-refractivity contribution in [1.82, 2.24) is 13.9 Å². The van der Waals surface area contributed by atoms with E-state index in [4.69, 9.17) is 11.6 Å². The Morgan fingerprint density at radius 3 is 2.42 bits per heavy atom. The second kappa shape index (κ2) is 10.1. The second-order valence-corrected chi connectivity index (χ2v) is 11.8. The van der Waals surface area contributed by atoms with E-state index in [1.54, 1.807) is 24.3 Å². The Morgan fingerprint density at radius 2 is 1.72 bits per heavy atom. The summed E-state index contributed by atoms with van der Waals surface area (Å²) in [7, 11) is -3.55. The van der Waals surface area contributed by atoms with Crippen molar-refractivity contribution >= 4 is 54.8 Å². The topological polar surface area (TPSA) is 101 Å². The predicted octanol–water partition coefficient (Wildman–Crippen LogP) is 4.59. The molecular formula is C25H23ClN4O4S2. The summed E-state index contributed by atoms with van der Waals surface area (Å²) in [6.45, 7) is 0.821. The van der Waals surface area contributed by atoms with Gasteiger partial charge in [0.1, 0.15) is 11.4 Å². The summed E-state index contributed by atoms with van der Waals surface area (Å²) in [6, 6.07) is 13.3.